The first-order valence-corrected chi connectivity index (χ1v) is 11.1. The molecule has 0 spiro atoms. The summed E-state index contributed by atoms with van der Waals surface area (Å²) in [5.41, 5.74) is 5.60. The molecule has 2 aromatic carbocycles. The van der Waals surface area contributed by atoms with Crippen LogP contribution in [0.15, 0.2) is 48.5 Å². The molecule has 0 aliphatic carbocycles. The molecular weight excluding hydrogens is 354 g/mol. The Morgan fingerprint density at radius 2 is 1.48 bits per heavy atom. The Hall–Kier alpha value is -1.64. The highest BCUT2D eigenvalue weighted by molar-refractivity contribution is 5.37. The van der Waals surface area contributed by atoms with Crippen LogP contribution in [0.3, 0.4) is 0 Å². The summed E-state index contributed by atoms with van der Waals surface area (Å²) < 4.78 is 6.39. The minimum absolute atomic E-state index is 0.0615. The van der Waals surface area contributed by atoms with Crippen LogP contribution in [0.1, 0.15) is 83.1 Å². The van der Waals surface area contributed by atoms with Crippen LogP contribution in [0.2, 0.25) is 0 Å². The Morgan fingerprint density at radius 1 is 0.862 bits per heavy atom. The van der Waals surface area contributed by atoms with Crippen LogP contribution in [0, 0.1) is 0 Å². The Bertz CT molecular complexity index is 757. The van der Waals surface area contributed by atoms with Crippen LogP contribution >= 0.6 is 0 Å². The van der Waals surface area contributed by atoms with Gasteiger partial charge in [-0.2, -0.15) is 0 Å². The molecule has 2 nitrogen and oxygen atoms in total. The van der Waals surface area contributed by atoms with Crippen LogP contribution in [-0.2, 0) is 27.7 Å². The lowest BCUT2D eigenvalue weighted by atomic mass is 9.79. The van der Waals surface area contributed by atoms with Crippen molar-refractivity contribution >= 4 is 0 Å². The van der Waals surface area contributed by atoms with Crippen molar-refractivity contribution in [2.24, 2.45) is 0 Å². The number of benzene rings is 2. The number of rotatable bonds is 5. The summed E-state index contributed by atoms with van der Waals surface area (Å²) in [6.07, 6.45) is 3.63. The van der Waals surface area contributed by atoms with Crippen molar-refractivity contribution in [2.45, 2.75) is 83.8 Å². The van der Waals surface area contributed by atoms with Crippen LogP contribution in [0.4, 0.5) is 0 Å². The minimum Gasteiger partial charge on any atom is -0.374 e. The summed E-state index contributed by atoms with van der Waals surface area (Å²) in [6.45, 7) is 16.2. The van der Waals surface area contributed by atoms with E-state index in [2.05, 4.69) is 95.4 Å². The van der Waals surface area contributed by atoms with Gasteiger partial charge in [0, 0.05) is 0 Å². The first kappa shape index (κ1) is 22.1. The van der Waals surface area contributed by atoms with Gasteiger partial charge in [-0.3, -0.25) is 0 Å². The second-order valence-electron chi connectivity index (χ2n) is 10.7. The first-order valence-electron chi connectivity index (χ1n) is 11.1. The molecule has 3 rings (SSSR count). The second kappa shape index (κ2) is 8.62. The number of ether oxygens (including phenoxy) is 1. The smallest absolute Gasteiger partial charge is 0.0718 e. The molecule has 2 heteroatoms. The van der Waals surface area contributed by atoms with Gasteiger partial charge in [-0.25, -0.2) is 0 Å². The predicted molar refractivity (Wildman–Crippen MR) is 123 cm³/mol. The number of hydrogen-bond donors (Lipinski definition) is 1. The molecule has 1 saturated heterocycles. The fraction of sp³-hybridized carbons (Fsp3) is 0.556. The summed E-state index contributed by atoms with van der Waals surface area (Å²) in [6, 6.07) is 17.9. The van der Waals surface area contributed by atoms with E-state index in [1.54, 1.807) is 0 Å². The Balaban J connectivity index is 1.79. The summed E-state index contributed by atoms with van der Waals surface area (Å²) >= 11 is 0. The van der Waals surface area contributed by atoms with Crippen LogP contribution in [0.25, 0.3) is 0 Å². The van der Waals surface area contributed by atoms with Gasteiger partial charge in [0.25, 0.3) is 0 Å². The summed E-state index contributed by atoms with van der Waals surface area (Å²) in [7, 11) is 0. The van der Waals surface area contributed by atoms with Crippen molar-refractivity contribution in [2.75, 3.05) is 13.2 Å². The zero-order valence-electron chi connectivity index (χ0n) is 19.3. The zero-order valence-corrected chi connectivity index (χ0v) is 19.3. The topological polar surface area (TPSA) is 21.3 Å². The maximum atomic E-state index is 6.39. The SMILES string of the molecule is CC(C)(C)c1cc(COC[C@@]2(c3ccccc3)CCCCN2)cc(C(C)(C)C)c1. The van der Waals surface area contributed by atoms with Crippen molar-refractivity contribution in [1.29, 1.82) is 0 Å². The summed E-state index contributed by atoms with van der Waals surface area (Å²) in [5.74, 6) is 0. The summed E-state index contributed by atoms with van der Waals surface area (Å²) in [4.78, 5) is 0. The Labute approximate surface area is 178 Å². The van der Waals surface area contributed by atoms with Crippen molar-refractivity contribution in [1.82, 2.24) is 5.32 Å². The Morgan fingerprint density at radius 3 is 2.00 bits per heavy atom. The molecule has 1 aliphatic heterocycles. The van der Waals surface area contributed by atoms with Gasteiger partial charge in [-0.15, -0.1) is 0 Å². The largest absolute Gasteiger partial charge is 0.374 e. The molecule has 2 aromatic rings. The molecule has 0 radical (unpaired) electrons. The molecule has 1 atom stereocenters. The van der Waals surface area contributed by atoms with E-state index in [1.807, 2.05) is 0 Å². The van der Waals surface area contributed by atoms with Gasteiger partial charge >= 0.3 is 0 Å². The third-order valence-corrected chi connectivity index (χ3v) is 6.16. The van der Waals surface area contributed by atoms with E-state index in [0.717, 1.165) is 13.0 Å². The quantitative estimate of drug-likeness (QED) is 0.629. The highest BCUT2D eigenvalue weighted by Crippen LogP contribution is 2.33. The number of nitrogens with one attached hydrogen (secondary N) is 1. The molecule has 1 N–H and O–H groups in total. The lowest BCUT2D eigenvalue weighted by molar-refractivity contribution is 0.0425. The molecular formula is C27H39NO. The maximum absolute atomic E-state index is 6.39. The minimum atomic E-state index is -0.0615. The number of hydrogen-bond acceptors (Lipinski definition) is 2. The third kappa shape index (κ3) is 5.49. The fourth-order valence-electron chi connectivity index (χ4n) is 4.16. The third-order valence-electron chi connectivity index (χ3n) is 6.16. The van der Waals surface area contributed by atoms with Crippen LogP contribution < -0.4 is 5.32 Å². The van der Waals surface area contributed by atoms with Gasteiger partial charge in [-0.1, -0.05) is 90.1 Å². The van der Waals surface area contributed by atoms with Gasteiger partial charge in [0.05, 0.1) is 18.8 Å². The van der Waals surface area contributed by atoms with Gasteiger partial charge < -0.3 is 10.1 Å². The van der Waals surface area contributed by atoms with Crippen molar-refractivity contribution in [3.63, 3.8) is 0 Å². The molecule has 0 aromatic heterocycles. The number of piperidine rings is 1. The molecule has 0 saturated carbocycles. The van der Waals surface area contributed by atoms with E-state index in [0.29, 0.717) is 13.2 Å². The predicted octanol–water partition coefficient (Wildman–Crippen LogP) is 6.47. The van der Waals surface area contributed by atoms with Gasteiger partial charge in [0.2, 0.25) is 0 Å². The highest BCUT2D eigenvalue weighted by Gasteiger charge is 2.33. The van der Waals surface area contributed by atoms with Crippen molar-refractivity contribution < 1.29 is 4.74 Å². The van der Waals surface area contributed by atoms with Crippen molar-refractivity contribution in [3.8, 4) is 0 Å². The molecule has 0 unspecified atom stereocenters. The van der Waals surface area contributed by atoms with E-state index in [1.165, 1.54) is 35.1 Å². The molecule has 0 bridgehead atoms. The van der Waals surface area contributed by atoms with Crippen molar-refractivity contribution in [3.05, 3.63) is 70.8 Å². The van der Waals surface area contributed by atoms with E-state index in [9.17, 15) is 0 Å². The van der Waals surface area contributed by atoms with E-state index in [-0.39, 0.29) is 16.4 Å². The lowest BCUT2D eigenvalue weighted by Crippen LogP contribution is -2.49. The highest BCUT2D eigenvalue weighted by atomic mass is 16.5. The second-order valence-corrected chi connectivity index (χ2v) is 10.7. The van der Waals surface area contributed by atoms with Gasteiger partial charge in [0.15, 0.2) is 0 Å². The normalized spacial score (nSPS) is 20.6. The van der Waals surface area contributed by atoms with Gasteiger partial charge in [0.1, 0.15) is 0 Å². The van der Waals surface area contributed by atoms with Crippen LogP contribution in [-0.4, -0.2) is 13.2 Å². The standard InChI is InChI=1S/C27H39NO/c1-25(2,3)23-16-21(17-24(18-23)26(4,5)6)19-29-20-27(14-10-11-15-28-27)22-12-8-7-9-13-22/h7-9,12-13,16-18,28H,10-11,14-15,19-20H2,1-6H3/t27-/m1/s1. The Kier molecular flexibility index (Phi) is 6.55. The molecule has 158 valence electrons. The zero-order chi connectivity index (χ0) is 21.1. The molecule has 1 heterocycles. The fourth-order valence-corrected chi connectivity index (χ4v) is 4.16. The molecule has 0 amide bonds. The lowest BCUT2D eigenvalue weighted by Gasteiger charge is -2.39. The van der Waals surface area contributed by atoms with E-state index >= 15 is 0 Å². The molecule has 29 heavy (non-hydrogen) atoms. The molecule has 1 aliphatic rings. The van der Waals surface area contributed by atoms with Gasteiger partial charge in [-0.05, 0) is 58.9 Å². The molecule has 1 fully saturated rings. The average Bonchev–Trinajstić information content (AvgIpc) is 2.68. The average molecular weight is 394 g/mol. The first-order chi connectivity index (χ1) is 13.6. The summed E-state index contributed by atoms with van der Waals surface area (Å²) in [5, 5.41) is 3.78. The monoisotopic (exact) mass is 393 g/mol. The van der Waals surface area contributed by atoms with E-state index < -0.39 is 0 Å². The van der Waals surface area contributed by atoms with E-state index in [4.69, 9.17) is 4.74 Å². The maximum Gasteiger partial charge on any atom is 0.0718 e. The van der Waals surface area contributed by atoms with Crippen LogP contribution in [0.5, 0.6) is 0 Å².